The Kier molecular flexibility index (Phi) is 0.812. The van der Waals surface area contributed by atoms with E-state index in [1.54, 1.807) is 0 Å². The molecule has 6 rings (SSSR count). The average Bonchev–Trinajstić information content (AvgIpc) is 2.76. The summed E-state index contributed by atoms with van der Waals surface area (Å²) in [5, 5.41) is 9.33. The number of carbonyl (C=O) groups is 1. The molecule has 2 heteroatoms. The van der Waals surface area contributed by atoms with E-state index >= 15 is 0 Å². The van der Waals surface area contributed by atoms with Crippen LogP contribution in [0, 0.1) is 53.3 Å². The van der Waals surface area contributed by atoms with E-state index in [0.717, 1.165) is 35.5 Å². The third-order valence-electron chi connectivity index (χ3n) is 6.61. The van der Waals surface area contributed by atoms with E-state index in [9.17, 15) is 9.90 Å². The molecule has 6 aliphatic rings. The van der Waals surface area contributed by atoms with Gasteiger partial charge in [-0.3, -0.25) is 4.79 Å². The van der Waals surface area contributed by atoms with Crippen molar-refractivity contribution in [2.24, 2.45) is 53.3 Å². The second-order valence-corrected chi connectivity index (χ2v) is 6.30. The van der Waals surface area contributed by atoms with Crippen LogP contribution in [0.25, 0.3) is 0 Å². The van der Waals surface area contributed by atoms with E-state index in [1.165, 1.54) is 12.8 Å². The van der Waals surface area contributed by atoms with Crippen LogP contribution in [-0.2, 0) is 4.79 Å². The molecule has 0 aliphatic heterocycles. The number of carboxylic acids is 1. The Hall–Kier alpha value is -0.530. The van der Waals surface area contributed by atoms with Crippen molar-refractivity contribution in [3.63, 3.8) is 0 Å². The van der Waals surface area contributed by atoms with Gasteiger partial charge in [-0.2, -0.15) is 0 Å². The van der Waals surface area contributed by atoms with Crippen molar-refractivity contribution >= 4 is 5.97 Å². The average molecular weight is 190 g/mol. The summed E-state index contributed by atoms with van der Waals surface area (Å²) in [6, 6.07) is 0. The van der Waals surface area contributed by atoms with E-state index in [2.05, 4.69) is 0 Å². The molecule has 0 aromatic heterocycles. The Morgan fingerprint density at radius 1 is 0.857 bits per heavy atom. The van der Waals surface area contributed by atoms with Gasteiger partial charge in [0.1, 0.15) is 0 Å². The Balaban J connectivity index is 1.77. The van der Waals surface area contributed by atoms with Gasteiger partial charge in [0.25, 0.3) is 0 Å². The Morgan fingerprint density at radius 3 is 1.79 bits per heavy atom. The Morgan fingerprint density at radius 2 is 1.36 bits per heavy atom. The fraction of sp³-hybridized carbons (Fsp3) is 0.917. The van der Waals surface area contributed by atoms with E-state index in [0.29, 0.717) is 11.8 Å². The lowest BCUT2D eigenvalue weighted by molar-refractivity contribution is -0.143. The van der Waals surface area contributed by atoms with Crippen molar-refractivity contribution in [2.75, 3.05) is 0 Å². The van der Waals surface area contributed by atoms with Crippen molar-refractivity contribution in [2.45, 2.75) is 12.8 Å². The zero-order valence-electron chi connectivity index (χ0n) is 7.97. The summed E-state index contributed by atoms with van der Waals surface area (Å²) in [4.78, 5) is 11.3. The lowest BCUT2D eigenvalue weighted by atomic mass is 9.71. The Bertz CT molecular complexity index is 335. The quantitative estimate of drug-likeness (QED) is 0.679. The smallest absolute Gasteiger partial charge is 0.307 e. The highest BCUT2D eigenvalue weighted by atomic mass is 16.4. The fourth-order valence-electron chi connectivity index (χ4n) is 6.95. The maximum atomic E-state index is 11.3. The van der Waals surface area contributed by atoms with Crippen molar-refractivity contribution in [1.82, 2.24) is 0 Å². The van der Waals surface area contributed by atoms with Crippen LogP contribution in [0.2, 0.25) is 0 Å². The lowest BCUT2D eigenvalue weighted by Crippen LogP contribution is -2.30. The summed E-state index contributed by atoms with van der Waals surface area (Å²) in [5.74, 6) is 6.22. The zero-order valence-corrected chi connectivity index (χ0v) is 7.97. The molecule has 0 spiro atoms. The molecule has 14 heavy (non-hydrogen) atoms. The number of hydrogen-bond acceptors (Lipinski definition) is 1. The number of hydrogen-bond donors (Lipinski definition) is 1. The minimum absolute atomic E-state index is 0.0810. The minimum Gasteiger partial charge on any atom is -0.481 e. The molecular formula is C12H14O2. The molecule has 6 aliphatic carbocycles. The molecule has 9 atom stereocenters. The van der Waals surface area contributed by atoms with Crippen LogP contribution in [0.15, 0.2) is 0 Å². The van der Waals surface area contributed by atoms with Gasteiger partial charge >= 0.3 is 5.97 Å². The number of rotatable bonds is 1. The van der Waals surface area contributed by atoms with E-state index < -0.39 is 5.97 Å². The predicted octanol–water partition coefficient (Wildman–Crippen LogP) is 1.47. The molecule has 0 heterocycles. The monoisotopic (exact) mass is 190 g/mol. The van der Waals surface area contributed by atoms with Crippen LogP contribution in [0.3, 0.4) is 0 Å². The summed E-state index contributed by atoms with van der Waals surface area (Å²) >= 11 is 0. The lowest BCUT2D eigenvalue weighted by Gasteiger charge is -2.33. The van der Waals surface area contributed by atoms with Gasteiger partial charge in [0, 0.05) is 0 Å². The van der Waals surface area contributed by atoms with Crippen molar-refractivity contribution in [3.05, 3.63) is 0 Å². The van der Waals surface area contributed by atoms with Crippen LogP contribution in [0.5, 0.6) is 0 Å². The van der Waals surface area contributed by atoms with E-state index in [1.807, 2.05) is 0 Å². The number of carboxylic acid groups (broad SMARTS) is 1. The molecule has 0 radical (unpaired) electrons. The highest BCUT2D eigenvalue weighted by molar-refractivity contribution is 5.73. The molecule has 6 bridgehead atoms. The summed E-state index contributed by atoms with van der Waals surface area (Å²) in [6.45, 7) is 0. The van der Waals surface area contributed by atoms with Crippen LogP contribution in [0.4, 0.5) is 0 Å². The summed E-state index contributed by atoms with van der Waals surface area (Å²) in [7, 11) is 0. The largest absolute Gasteiger partial charge is 0.481 e. The van der Waals surface area contributed by atoms with Crippen molar-refractivity contribution in [1.29, 1.82) is 0 Å². The Labute approximate surface area is 82.7 Å². The first-order chi connectivity index (χ1) is 6.79. The van der Waals surface area contributed by atoms with Gasteiger partial charge in [0.2, 0.25) is 0 Å². The van der Waals surface area contributed by atoms with Crippen molar-refractivity contribution < 1.29 is 9.90 Å². The van der Waals surface area contributed by atoms with E-state index in [-0.39, 0.29) is 5.92 Å². The normalized spacial score (nSPS) is 74.4. The first-order valence-corrected chi connectivity index (χ1v) is 6.02. The highest BCUT2D eigenvalue weighted by Crippen LogP contribution is 2.84. The standard InChI is InChI=1S/C12H14O2/c13-12(14)11-9-5-1-3-4-2-6(7(3)9)10(11)8(4)5/h3-11H,1-2H2,(H,13,14)/t3-,4+,5-,6-,7+,8-,9-,10-,11?/m0/s1. The molecule has 0 aromatic rings. The van der Waals surface area contributed by atoms with Gasteiger partial charge in [-0.05, 0) is 60.2 Å². The van der Waals surface area contributed by atoms with Crippen LogP contribution in [-0.4, -0.2) is 11.1 Å². The number of aliphatic carboxylic acids is 1. The summed E-state index contributed by atoms with van der Waals surface area (Å²) < 4.78 is 0. The van der Waals surface area contributed by atoms with Gasteiger partial charge in [0.15, 0.2) is 0 Å². The predicted molar refractivity (Wildman–Crippen MR) is 48.3 cm³/mol. The summed E-state index contributed by atoms with van der Waals surface area (Å²) in [6.07, 6.45) is 2.81. The molecule has 6 fully saturated rings. The van der Waals surface area contributed by atoms with Gasteiger partial charge in [-0.1, -0.05) is 0 Å². The molecule has 2 nitrogen and oxygen atoms in total. The second kappa shape index (κ2) is 1.66. The van der Waals surface area contributed by atoms with Gasteiger partial charge in [-0.15, -0.1) is 0 Å². The van der Waals surface area contributed by atoms with Crippen LogP contribution >= 0.6 is 0 Å². The maximum absolute atomic E-state index is 11.3. The third-order valence-corrected chi connectivity index (χ3v) is 6.61. The van der Waals surface area contributed by atoms with Gasteiger partial charge < -0.3 is 5.11 Å². The first kappa shape index (κ1) is 6.86. The molecule has 0 aromatic carbocycles. The highest BCUT2D eigenvalue weighted by Gasteiger charge is 2.81. The molecular weight excluding hydrogens is 176 g/mol. The molecule has 6 saturated carbocycles. The van der Waals surface area contributed by atoms with Crippen LogP contribution in [0.1, 0.15) is 12.8 Å². The second-order valence-electron chi connectivity index (χ2n) is 6.30. The SMILES string of the molecule is O=C(O)C1[C@H]2[C@H]3C[C@@H]4[C@@H]5C[C@H]([C@H]1[C@@H]35)[C@H]42. The first-order valence-electron chi connectivity index (χ1n) is 6.02. The van der Waals surface area contributed by atoms with Crippen molar-refractivity contribution in [3.8, 4) is 0 Å². The van der Waals surface area contributed by atoms with Gasteiger partial charge in [-0.25, -0.2) is 0 Å². The van der Waals surface area contributed by atoms with Crippen LogP contribution < -0.4 is 0 Å². The third kappa shape index (κ3) is 0.409. The van der Waals surface area contributed by atoms with E-state index in [4.69, 9.17) is 0 Å². The molecule has 0 saturated heterocycles. The zero-order chi connectivity index (χ0) is 9.19. The fourth-order valence-corrected chi connectivity index (χ4v) is 6.95. The summed E-state index contributed by atoms with van der Waals surface area (Å²) in [5.41, 5.74) is 0. The minimum atomic E-state index is -0.469. The molecule has 74 valence electrons. The molecule has 0 amide bonds. The maximum Gasteiger partial charge on any atom is 0.307 e. The topological polar surface area (TPSA) is 37.3 Å². The van der Waals surface area contributed by atoms with Gasteiger partial charge in [0.05, 0.1) is 5.92 Å². The molecule has 1 unspecified atom stereocenters. The molecule has 1 N–H and O–H groups in total.